The number of thiocarbonyl (C=S) groups is 1. The number of carbonyl (C=O) groups excluding carboxylic acids is 1. The molecule has 114 valence electrons. The van der Waals surface area contributed by atoms with Gasteiger partial charge in [0.25, 0.3) is 0 Å². The van der Waals surface area contributed by atoms with Gasteiger partial charge < -0.3 is 15.8 Å². The van der Waals surface area contributed by atoms with E-state index in [-0.39, 0.29) is 5.91 Å². The lowest BCUT2D eigenvalue weighted by Crippen LogP contribution is -2.54. The quantitative estimate of drug-likeness (QED) is 0.781. The zero-order valence-corrected chi connectivity index (χ0v) is 13.1. The van der Waals surface area contributed by atoms with Crippen molar-refractivity contribution in [2.45, 2.75) is 57.9 Å². The van der Waals surface area contributed by atoms with Crippen LogP contribution in [0.25, 0.3) is 0 Å². The fourth-order valence-corrected chi connectivity index (χ4v) is 3.64. The number of amides is 1. The highest BCUT2D eigenvalue weighted by molar-refractivity contribution is 7.80. The number of ether oxygens (including phenoxy) is 1. The van der Waals surface area contributed by atoms with E-state index in [1.54, 1.807) is 0 Å². The summed E-state index contributed by atoms with van der Waals surface area (Å²) in [5.74, 6) is 0.851. The molecule has 0 aromatic heterocycles. The second-order valence-electron chi connectivity index (χ2n) is 6.16. The molecule has 1 aliphatic heterocycles. The van der Waals surface area contributed by atoms with E-state index in [0.29, 0.717) is 37.1 Å². The van der Waals surface area contributed by atoms with Crippen LogP contribution in [0.1, 0.15) is 51.9 Å². The summed E-state index contributed by atoms with van der Waals surface area (Å²) in [6.45, 7) is 3.37. The fourth-order valence-electron chi connectivity index (χ4n) is 3.34. The van der Waals surface area contributed by atoms with Crippen LogP contribution in [0.5, 0.6) is 0 Å². The molecule has 0 spiro atoms. The maximum Gasteiger partial charge on any atom is 0.233 e. The summed E-state index contributed by atoms with van der Waals surface area (Å²) >= 11 is 5.17. The molecule has 4 nitrogen and oxygen atoms in total. The van der Waals surface area contributed by atoms with Crippen LogP contribution in [0.2, 0.25) is 0 Å². The summed E-state index contributed by atoms with van der Waals surface area (Å²) in [5.41, 5.74) is 5.18. The minimum atomic E-state index is -0.685. The molecule has 1 saturated heterocycles. The monoisotopic (exact) mass is 298 g/mol. The van der Waals surface area contributed by atoms with Crippen molar-refractivity contribution in [3.63, 3.8) is 0 Å². The SMILES string of the molecule is CCC1CCC(NC(=O)C2(C(N)=S)CCOCC2)CC1. The van der Waals surface area contributed by atoms with E-state index in [1.165, 1.54) is 19.3 Å². The molecule has 5 heteroatoms. The van der Waals surface area contributed by atoms with Crippen molar-refractivity contribution in [3.8, 4) is 0 Å². The van der Waals surface area contributed by atoms with Crippen molar-refractivity contribution in [1.82, 2.24) is 5.32 Å². The second kappa shape index (κ2) is 6.85. The van der Waals surface area contributed by atoms with E-state index in [2.05, 4.69) is 12.2 Å². The lowest BCUT2D eigenvalue weighted by Gasteiger charge is -2.37. The van der Waals surface area contributed by atoms with E-state index in [1.807, 2.05) is 0 Å². The summed E-state index contributed by atoms with van der Waals surface area (Å²) in [7, 11) is 0. The molecule has 0 radical (unpaired) electrons. The van der Waals surface area contributed by atoms with Crippen molar-refractivity contribution in [3.05, 3.63) is 0 Å². The van der Waals surface area contributed by atoms with Crippen LogP contribution in [0.15, 0.2) is 0 Å². The van der Waals surface area contributed by atoms with Gasteiger partial charge in [-0.1, -0.05) is 25.6 Å². The number of rotatable bonds is 4. The van der Waals surface area contributed by atoms with Gasteiger partial charge in [-0.05, 0) is 44.4 Å². The molecule has 1 amide bonds. The lowest BCUT2D eigenvalue weighted by molar-refractivity contribution is -0.132. The van der Waals surface area contributed by atoms with Crippen molar-refractivity contribution >= 4 is 23.1 Å². The van der Waals surface area contributed by atoms with Crippen LogP contribution in [-0.2, 0) is 9.53 Å². The minimum Gasteiger partial charge on any atom is -0.392 e. The van der Waals surface area contributed by atoms with Gasteiger partial charge in [-0.3, -0.25) is 4.79 Å². The van der Waals surface area contributed by atoms with E-state index < -0.39 is 5.41 Å². The standard InChI is InChI=1S/C15H26N2O2S/c1-2-11-3-5-12(6-4-11)17-14(18)15(13(16)20)7-9-19-10-8-15/h11-12H,2-10H2,1H3,(H2,16,20)(H,17,18). The predicted molar refractivity (Wildman–Crippen MR) is 83.5 cm³/mol. The molecule has 0 aromatic rings. The summed E-state index contributed by atoms with van der Waals surface area (Å²) < 4.78 is 5.35. The largest absolute Gasteiger partial charge is 0.392 e. The molecule has 0 aromatic carbocycles. The third kappa shape index (κ3) is 3.31. The first-order chi connectivity index (χ1) is 9.58. The van der Waals surface area contributed by atoms with Gasteiger partial charge in [-0.25, -0.2) is 0 Å². The third-order valence-electron chi connectivity index (χ3n) is 5.01. The summed E-state index contributed by atoms with van der Waals surface area (Å²) in [4.78, 5) is 13.0. The molecular formula is C15H26N2O2S. The Morgan fingerprint density at radius 1 is 1.30 bits per heavy atom. The summed E-state index contributed by atoms with van der Waals surface area (Å²) in [6, 6.07) is 0.291. The molecule has 0 unspecified atom stereocenters. The van der Waals surface area contributed by atoms with Crippen LogP contribution in [0.3, 0.4) is 0 Å². The molecule has 3 N–H and O–H groups in total. The van der Waals surface area contributed by atoms with Crippen LogP contribution in [0.4, 0.5) is 0 Å². The van der Waals surface area contributed by atoms with Crippen LogP contribution < -0.4 is 11.1 Å². The van der Waals surface area contributed by atoms with Crippen molar-refractivity contribution < 1.29 is 9.53 Å². The maximum atomic E-state index is 12.6. The Labute approximate surface area is 126 Å². The highest BCUT2D eigenvalue weighted by atomic mass is 32.1. The van der Waals surface area contributed by atoms with Gasteiger partial charge in [0.2, 0.25) is 5.91 Å². The van der Waals surface area contributed by atoms with Crippen LogP contribution in [0, 0.1) is 11.3 Å². The Morgan fingerprint density at radius 3 is 2.40 bits per heavy atom. The molecule has 1 aliphatic carbocycles. The average molecular weight is 298 g/mol. The molecule has 2 aliphatic rings. The van der Waals surface area contributed by atoms with Gasteiger partial charge in [0.05, 0.1) is 4.99 Å². The summed E-state index contributed by atoms with van der Waals surface area (Å²) in [6.07, 6.45) is 7.04. The molecular weight excluding hydrogens is 272 g/mol. The molecule has 0 bridgehead atoms. The van der Waals surface area contributed by atoms with Crippen molar-refractivity contribution in [2.75, 3.05) is 13.2 Å². The van der Waals surface area contributed by atoms with Crippen LogP contribution in [-0.4, -0.2) is 30.2 Å². The molecule has 20 heavy (non-hydrogen) atoms. The Balaban J connectivity index is 1.94. The minimum absolute atomic E-state index is 0.0215. The molecule has 1 saturated carbocycles. The maximum absolute atomic E-state index is 12.6. The Kier molecular flexibility index (Phi) is 5.38. The predicted octanol–water partition coefficient (Wildman–Crippen LogP) is 2.15. The zero-order valence-electron chi connectivity index (χ0n) is 12.3. The van der Waals surface area contributed by atoms with Gasteiger partial charge >= 0.3 is 0 Å². The smallest absolute Gasteiger partial charge is 0.233 e. The highest BCUT2D eigenvalue weighted by Gasteiger charge is 2.43. The zero-order chi connectivity index (χ0) is 14.6. The molecule has 1 heterocycles. The number of hydrogen-bond donors (Lipinski definition) is 2. The highest BCUT2D eigenvalue weighted by Crippen LogP contribution is 2.33. The Morgan fingerprint density at radius 2 is 1.90 bits per heavy atom. The topological polar surface area (TPSA) is 64.4 Å². The Hall–Kier alpha value is -0.680. The Bertz CT molecular complexity index is 359. The number of carbonyl (C=O) groups is 1. The van der Waals surface area contributed by atoms with Gasteiger partial charge in [0, 0.05) is 19.3 Å². The van der Waals surface area contributed by atoms with Gasteiger partial charge in [-0.15, -0.1) is 0 Å². The van der Waals surface area contributed by atoms with E-state index in [4.69, 9.17) is 22.7 Å². The number of nitrogens with one attached hydrogen (secondary N) is 1. The van der Waals surface area contributed by atoms with Gasteiger partial charge in [0.1, 0.15) is 5.41 Å². The van der Waals surface area contributed by atoms with Gasteiger partial charge in [-0.2, -0.15) is 0 Å². The van der Waals surface area contributed by atoms with E-state index in [0.717, 1.165) is 18.8 Å². The fraction of sp³-hybridized carbons (Fsp3) is 0.867. The first-order valence-electron chi connectivity index (χ1n) is 7.77. The van der Waals surface area contributed by atoms with Crippen molar-refractivity contribution in [2.24, 2.45) is 17.1 Å². The third-order valence-corrected chi connectivity index (χ3v) is 5.40. The molecule has 0 atom stereocenters. The lowest BCUT2D eigenvalue weighted by atomic mass is 9.78. The first-order valence-corrected chi connectivity index (χ1v) is 8.18. The number of hydrogen-bond acceptors (Lipinski definition) is 3. The molecule has 2 rings (SSSR count). The second-order valence-corrected chi connectivity index (χ2v) is 6.60. The normalized spacial score (nSPS) is 29.6. The van der Waals surface area contributed by atoms with Crippen molar-refractivity contribution in [1.29, 1.82) is 0 Å². The number of nitrogens with two attached hydrogens (primary N) is 1. The van der Waals surface area contributed by atoms with E-state index >= 15 is 0 Å². The summed E-state index contributed by atoms with van der Waals surface area (Å²) in [5, 5.41) is 3.19. The first kappa shape index (κ1) is 15.7. The average Bonchev–Trinajstić information content (AvgIpc) is 2.48. The van der Waals surface area contributed by atoms with Crippen LogP contribution >= 0.6 is 12.2 Å². The van der Waals surface area contributed by atoms with E-state index in [9.17, 15) is 4.79 Å². The van der Waals surface area contributed by atoms with Gasteiger partial charge in [0.15, 0.2) is 0 Å². The molecule has 2 fully saturated rings.